The Bertz CT molecular complexity index is 883. The molecule has 1 aromatic carbocycles. The summed E-state index contributed by atoms with van der Waals surface area (Å²) < 4.78 is 11.1. The molecule has 1 amide bonds. The van der Waals surface area contributed by atoms with Gasteiger partial charge >= 0.3 is 0 Å². The Kier molecular flexibility index (Phi) is 5.99. The molecule has 0 N–H and O–H groups in total. The summed E-state index contributed by atoms with van der Waals surface area (Å²) in [5.74, 6) is 1.80. The van der Waals surface area contributed by atoms with Crippen molar-refractivity contribution in [1.29, 1.82) is 5.26 Å². The smallest absolute Gasteiger partial charge is 0.254 e. The Balaban J connectivity index is 1.69. The molecule has 1 aliphatic heterocycles. The third kappa shape index (κ3) is 4.17. The zero-order valence-electron chi connectivity index (χ0n) is 16.4. The van der Waals surface area contributed by atoms with Crippen molar-refractivity contribution in [3.8, 4) is 17.6 Å². The van der Waals surface area contributed by atoms with E-state index in [-0.39, 0.29) is 12.0 Å². The van der Waals surface area contributed by atoms with Gasteiger partial charge in [-0.2, -0.15) is 5.26 Å². The van der Waals surface area contributed by atoms with E-state index in [1.165, 1.54) is 0 Å². The SMILES string of the molecule is COc1cc(C(=O)N2CCN(c3ncccc3C#N)CC2)ccc1OC(C)C. The van der Waals surface area contributed by atoms with Crippen LogP contribution in [0.4, 0.5) is 5.82 Å². The zero-order chi connectivity index (χ0) is 20.1. The standard InChI is InChI=1S/C21H24N4O3/c1-15(2)28-18-7-6-16(13-19(18)27-3)21(26)25-11-9-24(10-12-25)20-17(14-22)5-4-8-23-20/h4-8,13,15H,9-12H2,1-3H3. The van der Waals surface area contributed by atoms with Crippen LogP contribution < -0.4 is 14.4 Å². The Morgan fingerprint density at radius 1 is 1.18 bits per heavy atom. The summed E-state index contributed by atoms with van der Waals surface area (Å²) in [6.45, 7) is 6.26. The molecular formula is C21H24N4O3. The highest BCUT2D eigenvalue weighted by Gasteiger charge is 2.25. The zero-order valence-corrected chi connectivity index (χ0v) is 16.4. The van der Waals surface area contributed by atoms with Crippen molar-refractivity contribution in [3.05, 3.63) is 47.7 Å². The number of ether oxygens (including phenoxy) is 2. The Morgan fingerprint density at radius 2 is 1.93 bits per heavy atom. The van der Waals surface area contributed by atoms with Gasteiger partial charge < -0.3 is 19.3 Å². The van der Waals surface area contributed by atoms with Gasteiger partial charge in [-0.05, 0) is 44.2 Å². The van der Waals surface area contributed by atoms with Crippen molar-refractivity contribution in [2.24, 2.45) is 0 Å². The van der Waals surface area contributed by atoms with E-state index in [1.54, 1.807) is 43.6 Å². The molecule has 3 rings (SSSR count). The minimum absolute atomic E-state index is 0.0217. The molecule has 0 radical (unpaired) electrons. The first-order chi connectivity index (χ1) is 13.5. The number of rotatable bonds is 5. The van der Waals surface area contributed by atoms with Crippen LogP contribution in [-0.2, 0) is 0 Å². The maximum absolute atomic E-state index is 12.9. The molecule has 1 saturated heterocycles. The molecule has 1 aromatic heterocycles. The van der Waals surface area contributed by atoms with Gasteiger partial charge in [-0.1, -0.05) is 0 Å². The first-order valence-corrected chi connectivity index (χ1v) is 9.27. The van der Waals surface area contributed by atoms with Gasteiger partial charge in [-0.15, -0.1) is 0 Å². The molecule has 0 aliphatic carbocycles. The number of pyridine rings is 1. The van der Waals surface area contributed by atoms with Crippen molar-refractivity contribution in [1.82, 2.24) is 9.88 Å². The van der Waals surface area contributed by atoms with Crippen LogP contribution in [0, 0.1) is 11.3 Å². The summed E-state index contributed by atoms with van der Waals surface area (Å²) in [7, 11) is 1.56. The van der Waals surface area contributed by atoms with E-state index in [4.69, 9.17) is 9.47 Å². The lowest BCUT2D eigenvalue weighted by Crippen LogP contribution is -2.49. The number of carbonyl (C=O) groups excluding carboxylic acids is 1. The van der Waals surface area contributed by atoms with E-state index < -0.39 is 0 Å². The number of carbonyl (C=O) groups is 1. The number of methoxy groups -OCH3 is 1. The first kappa shape index (κ1) is 19.5. The largest absolute Gasteiger partial charge is 0.493 e. The number of benzene rings is 1. The minimum atomic E-state index is -0.0458. The van der Waals surface area contributed by atoms with Gasteiger partial charge in [-0.25, -0.2) is 4.98 Å². The molecule has 0 atom stereocenters. The van der Waals surface area contributed by atoms with E-state index in [1.807, 2.05) is 23.6 Å². The van der Waals surface area contributed by atoms with E-state index in [9.17, 15) is 10.1 Å². The molecule has 1 aliphatic rings. The molecule has 2 heterocycles. The van der Waals surface area contributed by atoms with E-state index >= 15 is 0 Å². The molecule has 0 saturated carbocycles. The maximum Gasteiger partial charge on any atom is 0.254 e. The molecule has 146 valence electrons. The summed E-state index contributed by atoms with van der Waals surface area (Å²) >= 11 is 0. The average molecular weight is 380 g/mol. The molecule has 1 fully saturated rings. The molecule has 2 aromatic rings. The monoisotopic (exact) mass is 380 g/mol. The van der Waals surface area contributed by atoms with Crippen LogP contribution in [0.15, 0.2) is 36.5 Å². The fourth-order valence-electron chi connectivity index (χ4n) is 3.19. The summed E-state index contributed by atoms with van der Waals surface area (Å²) in [5.41, 5.74) is 1.12. The lowest BCUT2D eigenvalue weighted by atomic mass is 10.1. The molecule has 0 unspecified atom stereocenters. The molecule has 7 nitrogen and oxygen atoms in total. The molecule has 7 heteroatoms. The van der Waals surface area contributed by atoms with Gasteiger partial charge in [-0.3, -0.25) is 4.79 Å². The Labute approximate surface area is 165 Å². The van der Waals surface area contributed by atoms with Crippen molar-refractivity contribution in [2.45, 2.75) is 20.0 Å². The number of anilines is 1. The van der Waals surface area contributed by atoms with E-state index in [0.717, 1.165) is 0 Å². The van der Waals surface area contributed by atoms with Crippen LogP contribution in [0.2, 0.25) is 0 Å². The molecule has 28 heavy (non-hydrogen) atoms. The van der Waals surface area contributed by atoms with Crippen LogP contribution in [-0.4, -0.2) is 55.2 Å². The lowest BCUT2D eigenvalue weighted by Gasteiger charge is -2.35. The van der Waals surface area contributed by atoms with Crippen LogP contribution in [0.3, 0.4) is 0 Å². The Morgan fingerprint density at radius 3 is 2.57 bits per heavy atom. The highest BCUT2D eigenvalue weighted by molar-refractivity contribution is 5.95. The van der Waals surface area contributed by atoms with Gasteiger partial charge in [0.25, 0.3) is 5.91 Å². The normalized spacial score (nSPS) is 14.0. The van der Waals surface area contributed by atoms with Gasteiger partial charge in [0.1, 0.15) is 11.9 Å². The van der Waals surface area contributed by atoms with Crippen molar-refractivity contribution >= 4 is 11.7 Å². The molecular weight excluding hydrogens is 356 g/mol. The Hall–Kier alpha value is -3.27. The summed E-state index contributed by atoms with van der Waals surface area (Å²) in [6.07, 6.45) is 1.70. The molecule has 0 spiro atoms. The predicted molar refractivity (Wildman–Crippen MR) is 106 cm³/mol. The number of amides is 1. The van der Waals surface area contributed by atoms with E-state index in [0.29, 0.717) is 54.6 Å². The second kappa shape index (κ2) is 8.61. The van der Waals surface area contributed by atoms with Crippen molar-refractivity contribution in [2.75, 3.05) is 38.2 Å². The van der Waals surface area contributed by atoms with Gasteiger partial charge in [0.15, 0.2) is 11.5 Å². The molecule has 0 bridgehead atoms. The number of nitrogens with zero attached hydrogens (tertiary/aromatic N) is 4. The van der Waals surface area contributed by atoms with Gasteiger partial charge in [0.2, 0.25) is 0 Å². The number of nitriles is 1. The summed E-state index contributed by atoms with van der Waals surface area (Å²) in [4.78, 5) is 21.1. The summed E-state index contributed by atoms with van der Waals surface area (Å²) in [5, 5.41) is 9.26. The predicted octanol–water partition coefficient (Wildman–Crippen LogP) is 2.71. The third-order valence-electron chi connectivity index (χ3n) is 4.55. The number of hydrogen-bond donors (Lipinski definition) is 0. The van der Waals surface area contributed by atoms with Crippen molar-refractivity contribution in [3.63, 3.8) is 0 Å². The average Bonchev–Trinajstić information content (AvgIpc) is 2.73. The topological polar surface area (TPSA) is 78.7 Å². The highest BCUT2D eigenvalue weighted by atomic mass is 16.5. The fourth-order valence-corrected chi connectivity index (χ4v) is 3.19. The number of piperazine rings is 1. The first-order valence-electron chi connectivity index (χ1n) is 9.27. The second-order valence-electron chi connectivity index (χ2n) is 6.80. The van der Waals surface area contributed by atoms with Crippen LogP contribution in [0.5, 0.6) is 11.5 Å². The second-order valence-corrected chi connectivity index (χ2v) is 6.80. The third-order valence-corrected chi connectivity index (χ3v) is 4.55. The van der Waals surface area contributed by atoms with Crippen LogP contribution >= 0.6 is 0 Å². The van der Waals surface area contributed by atoms with Gasteiger partial charge in [0, 0.05) is 37.9 Å². The van der Waals surface area contributed by atoms with Gasteiger partial charge in [0.05, 0.1) is 18.8 Å². The fraction of sp³-hybridized carbons (Fsp3) is 0.381. The maximum atomic E-state index is 12.9. The highest BCUT2D eigenvalue weighted by Crippen LogP contribution is 2.29. The van der Waals surface area contributed by atoms with Crippen LogP contribution in [0.1, 0.15) is 29.8 Å². The lowest BCUT2D eigenvalue weighted by molar-refractivity contribution is 0.0746. The summed E-state index contributed by atoms with van der Waals surface area (Å²) in [6, 6.07) is 10.9. The van der Waals surface area contributed by atoms with Crippen molar-refractivity contribution < 1.29 is 14.3 Å². The number of hydrogen-bond acceptors (Lipinski definition) is 6. The van der Waals surface area contributed by atoms with Crippen LogP contribution in [0.25, 0.3) is 0 Å². The van der Waals surface area contributed by atoms with E-state index in [2.05, 4.69) is 11.1 Å². The quantitative estimate of drug-likeness (QED) is 0.794. The minimum Gasteiger partial charge on any atom is -0.493 e. The number of aromatic nitrogens is 1.